The van der Waals surface area contributed by atoms with Crippen LogP contribution < -0.4 is 20.5 Å². The summed E-state index contributed by atoms with van der Waals surface area (Å²) in [5.41, 5.74) is 6.59. The van der Waals surface area contributed by atoms with Crippen LogP contribution >= 0.6 is 0 Å². The minimum Gasteiger partial charge on any atom is -0.494 e. The van der Waals surface area contributed by atoms with Crippen LogP contribution in [0.3, 0.4) is 0 Å². The molecule has 2 rings (SSSR count). The molecule has 0 spiro atoms. The lowest BCUT2D eigenvalue weighted by Gasteiger charge is -2.09. The summed E-state index contributed by atoms with van der Waals surface area (Å²) >= 11 is 0. The number of amides is 1. The van der Waals surface area contributed by atoms with Crippen molar-refractivity contribution in [1.29, 1.82) is 0 Å². The van der Waals surface area contributed by atoms with Crippen LogP contribution in [0.25, 0.3) is 0 Å². The lowest BCUT2D eigenvalue weighted by Crippen LogP contribution is -2.20. The first-order valence-electron chi connectivity index (χ1n) is 6.20. The first-order valence-corrected chi connectivity index (χ1v) is 6.20. The number of nitrogens with two attached hydrogens (primary N) is 1. The first kappa shape index (κ1) is 14.6. The Morgan fingerprint density at radius 1 is 1.24 bits per heavy atom. The summed E-state index contributed by atoms with van der Waals surface area (Å²) in [6.07, 6.45) is 0. The zero-order valence-corrected chi connectivity index (χ0v) is 11.4. The molecule has 0 atom stereocenters. The van der Waals surface area contributed by atoms with E-state index in [1.165, 1.54) is 25.3 Å². The quantitative estimate of drug-likeness (QED) is 0.829. The van der Waals surface area contributed by atoms with Gasteiger partial charge in [0.25, 0.3) is 5.91 Å². The standard InChI is InChI=1S/C15H15FN2O3/c1-20-14-8-11(4-7-13(14)16)18-15(19)9-21-12-5-2-10(17)3-6-12/h2-8H,9,17H2,1H3,(H,18,19). The summed E-state index contributed by atoms with van der Waals surface area (Å²) < 4.78 is 23.4. The zero-order chi connectivity index (χ0) is 15.2. The van der Waals surface area contributed by atoms with Crippen molar-refractivity contribution in [3.63, 3.8) is 0 Å². The van der Waals surface area contributed by atoms with Gasteiger partial charge in [0.15, 0.2) is 18.2 Å². The highest BCUT2D eigenvalue weighted by Gasteiger charge is 2.07. The zero-order valence-electron chi connectivity index (χ0n) is 11.4. The maximum Gasteiger partial charge on any atom is 0.262 e. The Hall–Kier alpha value is -2.76. The van der Waals surface area contributed by atoms with Crippen LogP contribution in [0.5, 0.6) is 11.5 Å². The van der Waals surface area contributed by atoms with E-state index in [4.69, 9.17) is 15.2 Å². The smallest absolute Gasteiger partial charge is 0.262 e. The number of rotatable bonds is 5. The molecule has 2 aromatic rings. The van der Waals surface area contributed by atoms with Gasteiger partial charge < -0.3 is 20.5 Å². The third kappa shape index (κ3) is 4.10. The molecule has 6 heteroatoms. The van der Waals surface area contributed by atoms with Gasteiger partial charge in [-0.25, -0.2) is 4.39 Å². The number of anilines is 2. The second-order valence-corrected chi connectivity index (χ2v) is 4.26. The van der Waals surface area contributed by atoms with Crippen LogP contribution in [-0.2, 0) is 4.79 Å². The van der Waals surface area contributed by atoms with Crippen molar-refractivity contribution >= 4 is 17.3 Å². The van der Waals surface area contributed by atoms with E-state index in [2.05, 4.69) is 5.32 Å². The Kier molecular flexibility index (Phi) is 4.61. The van der Waals surface area contributed by atoms with Gasteiger partial charge in [-0.05, 0) is 36.4 Å². The molecule has 0 aromatic heterocycles. The van der Waals surface area contributed by atoms with E-state index in [1.54, 1.807) is 24.3 Å². The molecule has 3 N–H and O–H groups in total. The largest absolute Gasteiger partial charge is 0.494 e. The number of methoxy groups -OCH3 is 1. The van der Waals surface area contributed by atoms with Crippen molar-refractivity contribution in [3.8, 4) is 11.5 Å². The molecule has 0 aliphatic carbocycles. The number of benzene rings is 2. The number of halogens is 1. The van der Waals surface area contributed by atoms with E-state index in [1.807, 2.05) is 0 Å². The molecule has 0 bridgehead atoms. The van der Waals surface area contributed by atoms with Crippen LogP contribution in [0, 0.1) is 5.82 Å². The van der Waals surface area contributed by atoms with Gasteiger partial charge in [-0.1, -0.05) is 0 Å². The molecular weight excluding hydrogens is 275 g/mol. The first-order chi connectivity index (χ1) is 10.1. The third-order valence-corrected chi connectivity index (χ3v) is 2.68. The monoisotopic (exact) mass is 290 g/mol. The summed E-state index contributed by atoms with van der Waals surface area (Å²) in [6, 6.07) is 10.8. The van der Waals surface area contributed by atoms with Crippen LogP contribution in [0.1, 0.15) is 0 Å². The van der Waals surface area contributed by atoms with Gasteiger partial charge in [-0.3, -0.25) is 4.79 Å². The van der Waals surface area contributed by atoms with Gasteiger partial charge in [0.2, 0.25) is 0 Å². The van der Waals surface area contributed by atoms with Crippen molar-refractivity contribution in [3.05, 3.63) is 48.3 Å². The molecule has 110 valence electrons. The normalized spacial score (nSPS) is 10.0. The van der Waals surface area contributed by atoms with Crippen molar-refractivity contribution < 1.29 is 18.7 Å². The fourth-order valence-corrected chi connectivity index (χ4v) is 1.65. The third-order valence-electron chi connectivity index (χ3n) is 2.68. The van der Waals surface area contributed by atoms with E-state index in [9.17, 15) is 9.18 Å². The predicted octanol–water partition coefficient (Wildman–Crippen LogP) is 2.43. The van der Waals surface area contributed by atoms with E-state index in [0.717, 1.165) is 0 Å². The number of carbonyl (C=O) groups excluding carboxylic acids is 1. The molecule has 21 heavy (non-hydrogen) atoms. The van der Waals surface area contributed by atoms with Gasteiger partial charge in [-0.2, -0.15) is 0 Å². The molecule has 2 aromatic carbocycles. The van der Waals surface area contributed by atoms with Crippen LogP contribution in [0.4, 0.5) is 15.8 Å². The number of carbonyl (C=O) groups is 1. The average molecular weight is 290 g/mol. The molecule has 1 amide bonds. The molecule has 0 saturated carbocycles. The van der Waals surface area contributed by atoms with E-state index >= 15 is 0 Å². The van der Waals surface area contributed by atoms with Gasteiger partial charge >= 0.3 is 0 Å². The number of ether oxygens (including phenoxy) is 2. The highest BCUT2D eigenvalue weighted by Crippen LogP contribution is 2.21. The minimum absolute atomic E-state index is 0.0623. The Morgan fingerprint density at radius 2 is 1.95 bits per heavy atom. The fourth-order valence-electron chi connectivity index (χ4n) is 1.65. The summed E-state index contributed by atoms with van der Waals surface area (Å²) in [4.78, 5) is 11.7. The SMILES string of the molecule is COc1cc(NC(=O)COc2ccc(N)cc2)ccc1F. The summed E-state index contributed by atoms with van der Waals surface area (Å²) in [5.74, 6) is -0.252. The minimum atomic E-state index is -0.492. The Morgan fingerprint density at radius 3 is 2.62 bits per heavy atom. The molecule has 0 heterocycles. The summed E-state index contributed by atoms with van der Waals surface area (Å²) in [6.45, 7) is -0.163. The second-order valence-electron chi connectivity index (χ2n) is 4.26. The molecule has 0 radical (unpaired) electrons. The van der Waals surface area contributed by atoms with E-state index in [-0.39, 0.29) is 18.3 Å². The molecule has 0 aliphatic rings. The van der Waals surface area contributed by atoms with Crippen molar-refractivity contribution in [2.75, 3.05) is 24.8 Å². The number of hydrogen-bond donors (Lipinski definition) is 2. The predicted molar refractivity (Wildman–Crippen MR) is 77.9 cm³/mol. The van der Waals surface area contributed by atoms with E-state index < -0.39 is 5.82 Å². The maximum absolute atomic E-state index is 13.2. The molecule has 0 unspecified atom stereocenters. The topological polar surface area (TPSA) is 73.6 Å². The van der Waals surface area contributed by atoms with Gasteiger partial charge in [0.1, 0.15) is 5.75 Å². The molecule has 5 nitrogen and oxygen atoms in total. The molecular formula is C15H15FN2O3. The maximum atomic E-state index is 13.2. The molecule has 0 fully saturated rings. The molecule has 0 saturated heterocycles. The van der Waals surface area contributed by atoms with Gasteiger partial charge in [0.05, 0.1) is 7.11 Å². The number of nitrogen functional groups attached to an aromatic ring is 1. The van der Waals surface area contributed by atoms with Gasteiger partial charge in [0, 0.05) is 17.4 Å². The second kappa shape index (κ2) is 6.60. The summed E-state index contributed by atoms with van der Waals surface area (Å²) in [7, 11) is 1.36. The van der Waals surface area contributed by atoms with Crippen molar-refractivity contribution in [2.45, 2.75) is 0 Å². The highest BCUT2D eigenvalue weighted by molar-refractivity contribution is 5.92. The lowest BCUT2D eigenvalue weighted by atomic mass is 10.3. The number of nitrogens with one attached hydrogen (secondary N) is 1. The van der Waals surface area contributed by atoms with Crippen LogP contribution in [0.15, 0.2) is 42.5 Å². The Labute approximate surface area is 121 Å². The fraction of sp³-hybridized carbons (Fsp3) is 0.133. The Balaban J connectivity index is 1.91. The highest BCUT2D eigenvalue weighted by atomic mass is 19.1. The van der Waals surface area contributed by atoms with Crippen LogP contribution in [0.2, 0.25) is 0 Å². The van der Waals surface area contributed by atoms with Crippen molar-refractivity contribution in [1.82, 2.24) is 0 Å². The molecule has 0 aliphatic heterocycles. The number of hydrogen-bond acceptors (Lipinski definition) is 4. The van der Waals surface area contributed by atoms with E-state index in [0.29, 0.717) is 17.1 Å². The average Bonchev–Trinajstić information content (AvgIpc) is 2.48. The lowest BCUT2D eigenvalue weighted by molar-refractivity contribution is -0.118. The van der Waals surface area contributed by atoms with Gasteiger partial charge in [-0.15, -0.1) is 0 Å². The summed E-state index contributed by atoms with van der Waals surface area (Å²) in [5, 5.41) is 2.59. The Bertz CT molecular complexity index is 629. The van der Waals surface area contributed by atoms with Crippen molar-refractivity contribution in [2.24, 2.45) is 0 Å². The van der Waals surface area contributed by atoms with Crippen LogP contribution in [-0.4, -0.2) is 19.6 Å².